The molecule has 2 heterocycles. The number of nitrogens with one attached hydrogen (secondary N) is 7. The molecule has 2 aromatic rings. The molecule has 356 valence electrons. The number of rotatable bonds is 26. The Hall–Kier alpha value is -7.06. The summed E-state index contributed by atoms with van der Waals surface area (Å²) < 4.78 is 0. The van der Waals surface area contributed by atoms with E-state index in [0.717, 1.165) is 12.1 Å². The van der Waals surface area contributed by atoms with E-state index in [0.29, 0.717) is 18.5 Å². The number of H-pyrrole nitrogens is 1. The molecule has 6 atom stereocenters. The summed E-state index contributed by atoms with van der Waals surface area (Å²) in [5.74, 6) is -5.46. The van der Waals surface area contributed by atoms with Crippen LogP contribution in [-0.2, 0) is 40.0 Å². The summed E-state index contributed by atoms with van der Waals surface area (Å²) in [7, 11) is 0. The van der Waals surface area contributed by atoms with Gasteiger partial charge in [-0.3, -0.25) is 58.8 Å². The van der Waals surface area contributed by atoms with Crippen molar-refractivity contribution in [2.45, 2.75) is 95.5 Å². The molecule has 65 heavy (non-hydrogen) atoms. The number of nitrogens with zero attached hydrogens (tertiary/aromatic N) is 5. The lowest BCUT2D eigenvalue weighted by Crippen LogP contribution is -2.59. The van der Waals surface area contributed by atoms with Gasteiger partial charge in [0.1, 0.15) is 41.9 Å². The molecule has 1 fully saturated rings. The number of non-ortho nitro benzene ring substituents is 1. The van der Waals surface area contributed by atoms with Gasteiger partial charge in [0, 0.05) is 43.2 Å². The Morgan fingerprint density at radius 3 is 2.20 bits per heavy atom. The minimum atomic E-state index is -1.30. The minimum Gasteiger partial charge on any atom is -0.370 e. The first-order valence-electron chi connectivity index (χ1n) is 20.5. The van der Waals surface area contributed by atoms with Gasteiger partial charge in [-0.25, -0.2) is 4.98 Å². The van der Waals surface area contributed by atoms with Crippen molar-refractivity contribution >= 4 is 76.1 Å². The lowest BCUT2D eigenvalue weighted by atomic mass is 10.0. The van der Waals surface area contributed by atoms with Crippen LogP contribution in [0.1, 0.15) is 58.6 Å². The molecule has 7 amide bonds. The number of carbonyl (C=O) groups excluding carboxylic acids is 7. The third kappa shape index (κ3) is 16.5. The van der Waals surface area contributed by atoms with E-state index in [9.17, 15) is 53.8 Å². The highest BCUT2D eigenvalue weighted by molar-refractivity contribution is 7.98. The van der Waals surface area contributed by atoms with Gasteiger partial charge in [-0.2, -0.15) is 11.8 Å². The highest BCUT2D eigenvalue weighted by atomic mass is 32.2. The number of imidazole rings is 1. The fraction of sp³-hybridized carbons (Fsp3) is 0.553. The molecule has 1 aromatic heterocycles. The molecule has 26 nitrogen and oxygen atoms in total. The number of guanidine groups is 1. The Morgan fingerprint density at radius 1 is 0.908 bits per heavy atom. The van der Waals surface area contributed by atoms with Gasteiger partial charge in [-0.1, -0.05) is 13.8 Å². The Morgan fingerprint density at radius 2 is 1.60 bits per heavy atom. The lowest BCUT2D eigenvalue weighted by Gasteiger charge is -2.28. The van der Waals surface area contributed by atoms with Gasteiger partial charge in [0.25, 0.3) is 11.4 Å². The van der Waals surface area contributed by atoms with E-state index in [4.69, 9.17) is 17.2 Å². The zero-order valence-corrected chi connectivity index (χ0v) is 37.2. The highest BCUT2D eigenvalue weighted by Crippen LogP contribution is 2.36. The predicted molar refractivity (Wildman–Crippen MR) is 238 cm³/mol. The maximum absolute atomic E-state index is 13.7. The topological polar surface area (TPSA) is 400 Å². The molecule has 1 saturated heterocycles. The zero-order chi connectivity index (χ0) is 48.4. The Bertz CT molecular complexity index is 2070. The number of hydrogen-bond donors (Lipinski definition) is 10. The normalized spacial score (nSPS) is 15.6. The van der Waals surface area contributed by atoms with Crippen LogP contribution in [0.4, 0.5) is 17.1 Å². The monoisotopic (exact) mass is 931 g/mol. The standard InChI is InChI=1S/C38H57N15O11S/c1-20(2)13-25(50-37(60)29-8-6-12-51(29)28-10-9-23(52(61)62)15-30(28)53(63)64)34(57)44-17-31(54)47-27(18-65-4)36(59)49-26(14-22-16-42-19-45-22)35(58)46-21(3)33(56)48-24(32(39)55)7-5-11-43-38(40)41/h9-10,15-16,19-21,24-27,29H,5-8,11-14,17-18H2,1-4H3,(H2,39,55)(H,42,45)(H,44,57)(H,46,58)(H,47,54)(H,48,56)(H,49,59)(H,50,60)(H4,40,41,43). The van der Waals surface area contributed by atoms with Crippen molar-refractivity contribution in [2.75, 3.05) is 36.5 Å². The number of nitro benzene ring substituents is 2. The molecule has 1 aliphatic heterocycles. The fourth-order valence-electron chi connectivity index (χ4n) is 6.76. The largest absolute Gasteiger partial charge is 0.370 e. The first-order valence-corrected chi connectivity index (χ1v) is 21.9. The third-order valence-corrected chi connectivity index (χ3v) is 10.6. The molecule has 6 unspecified atom stereocenters. The van der Waals surface area contributed by atoms with Crippen molar-refractivity contribution in [3.05, 3.63) is 56.6 Å². The molecule has 13 N–H and O–H groups in total. The number of aromatic nitrogens is 2. The van der Waals surface area contributed by atoms with Gasteiger partial charge < -0.3 is 59.0 Å². The number of benzene rings is 1. The molecule has 0 saturated carbocycles. The Balaban J connectivity index is 1.66. The zero-order valence-electron chi connectivity index (χ0n) is 36.4. The van der Waals surface area contributed by atoms with Gasteiger partial charge in [0.15, 0.2) is 5.96 Å². The van der Waals surface area contributed by atoms with Crippen LogP contribution in [0.25, 0.3) is 0 Å². The van der Waals surface area contributed by atoms with Crippen LogP contribution in [0, 0.1) is 26.1 Å². The van der Waals surface area contributed by atoms with Crippen LogP contribution >= 0.6 is 11.8 Å². The van der Waals surface area contributed by atoms with E-state index in [1.54, 1.807) is 6.26 Å². The number of amides is 7. The van der Waals surface area contributed by atoms with E-state index < -0.39 is 105 Å². The van der Waals surface area contributed by atoms with Crippen LogP contribution in [0.5, 0.6) is 0 Å². The Labute approximate surface area is 377 Å². The van der Waals surface area contributed by atoms with E-state index in [1.807, 2.05) is 13.8 Å². The minimum absolute atomic E-state index is 0.0121. The quantitative estimate of drug-likeness (QED) is 0.0159. The average Bonchev–Trinajstić information content (AvgIpc) is 3.95. The summed E-state index contributed by atoms with van der Waals surface area (Å²) in [5, 5.41) is 38.5. The molecule has 1 aromatic carbocycles. The summed E-state index contributed by atoms with van der Waals surface area (Å²) in [6.07, 6.45) is 5.67. The summed E-state index contributed by atoms with van der Waals surface area (Å²) in [4.78, 5) is 126. The van der Waals surface area contributed by atoms with E-state index in [2.05, 4.69) is 46.9 Å². The second kappa shape index (κ2) is 25.3. The summed E-state index contributed by atoms with van der Waals surface area (Å²) in [5.41, 5.74) is 15.5. The number of thioether (sulfide) groups is 1. The summed E-state index contributed by atoms with van der Waals surface area (Å²) >= 11 is 1.20. The van der Waals surface area contributed by atoms with Crippen molar-refractivity contribution in [1.82, 2.24) is 41.9 Å². The van der Waals surface area contributed by atoms with Gasteiger partial charge in [0.2, 0.25) is 41.4 Å². The number of aliphatic imine (C=N–C) groups is 1. The fourth-order valence-corrected chi connectivity index (χ4v) is 7.33. The van der Waals surface area contributed by atoms with E-state index in [-0.39, 0.29) is 62.1 Å². The molecule has 0 radical (unpaired) electrons. The van der Waals surface area contributed by atoms with Crippen LogP contribution in [-0.4, -0.2) is 135 Å². The van der Waals surface area contributed by atoms with Crippen molar-refractivity contribution in [3.8, 4) is 0 Å². The SMILES string of the molecule is CSCC(NC(=O)CNC(=O)C(CC(C)C)NC(=O)C1CCCN1c1ccc([N+](=O)[O-])cc1[N+](=O)[O-])C(=O)NC(Cc1cnc[nH]1)C(=O)NC(C)C(=O)NC(CCCN=C(N)N)C(N)=O. The maximum atomic E-state index is 13.7. The third-order valence-electron chi connectivity index (χ3n) is 9.95. The van der Waals surface area contributed by atoms with Gasteiger partial charge in [-0.05, 0) is 57.3 Å². The van der Waals surface area contributed by atoms with Crippen LogP contribution in [0.2, 0.25) is 0 Å². The number of anilines is 1. The first kappa shape index (κ1) is 52.3. The number of nitrogens with two attached hydrogens (primary N) is 3. The second-order valence-electron chi connectivity index (χ2n) is 15.5. The van der Waals surface area contributed by atoms with Crippen LogP contribution in [0.15, 0.2) is 35.7 Å². The van der Waals surface area contributed by atoms with Crippen molar-refractivity contribution in [2.24, 2.45) is 28.1 Å². The second-order valence-corrected chi connectivity index (χ2v) is 16.4. The maximum Gasteiger partial charge on any atom is 0.299 e. The van der Waals surface area contributed by atoms with Gasteiger partial charge in [0.05, 0.1) is 28.8 Å². The van der Waals surface area contributed by atoms with Crippen molar-refractivity contribution < 1.29 is 43.4 Å². The molecular weight excluding hydrogens is 875 g/mol. The first-order chi connectivity index (χ1) is 30.7. The predicted octanol–water partition coefficient (Wildman–Crippen LogP) is -2.05. The lowest BCUT2D eigenvalue weighted by molar-refractivity contribution is -0.393. The smallest absolute Gasteiger partial charge is 0.299 e. The van der Waals surface area contributed by atoms with Gasteiger partial charge >= 0.3 is 0 Å². The molecule has 3 rings (SSSR count). The van der Waals surface area contributed by atoms with E-state index in [1.165, 1.54) is 42.2 Å². The molecule has 0 spiro atoms. The molecular formula is C38H57N15O11S. The summed E-state index contributed by atoms with van der Waals surface area (Å²) in [6, 6.07) is -3.75. The van der Waals surface area contributed by atoms with Crippen molar-refractivity contribution in [3.63, 3.8) is 0 Å². The molecule has 1 aliphatic rings. The van der Waals surface area contributed by atoms with E-state index >= 15 is 0 Å². The molecule has 27 heteroatoms. The number of hydrogen-bond acceptors (Lipinski definition) is 15. The number of aromatic amines is 1. The van der Waals surface area contributed by atoms with Gasteiger partial charge in [-0.15, -0.1) is 0 Å². The number of primary amides is 1. The van der Waals surface area contributed by atoms with Crippen molar-refractivity contribution in [1.29, 1.82) is 0 Å². The number of nitro groups is 2. The highest BCUT2D eigenvalue weighted by Gasteiger charge is 2.37. The number of carbonyl (C=O) groups is 7. The van der Waals surface area contributed by atoms with Crippen LogP contribution in [0.3, 0.4) is 0 Å². The Kier molecular flexibility index (Phi) is 20.3. The summed E-state index contributed by atoms with van der Waals surface area (Å²) in [6.45, 7) is 4.78. The molecule has 0 bridgehead atoms. The van der Waals surface area contributed by atoms with Crippen LogP contribution < -0.4 is 54.0 Å². The molecule has 0 aliphatic carbocycles. The average molecular weight is 932 g/mol.